The minimum atomic E-state index is -0.385. The van der Waals surface area contributed by atoms with Crippen molar-refractivity contribution in [2.75, 3.05) is 19.3 Å². The van der Waals surface area contributed by atoms with E-state index in [1.807, 2.05) is 13.1 Å². The monoisotopic (exact) mass is 442 g/mol. The van der Waals surface area contributed by atoms with Gasteiger partial charge in [-0.2, -0.15) is 0 Å². The minimum Gasteiger partial charge on any atom is -0.485 e. The molecule has 0 amide bonds. The van der Waals surface area contributed by atoms with Crippen LogP contribution in [0.15, 0.2) is 42.2 Å². The molecule has 4 rings (SSSR count). The Kier molecular flexibility index (Phi) is 5.84. The van der Waals surface area contributed by atoms with Crippen molar-refractivity contribution in [1.82, 2.24) is 20.7 Å². The van der Waals surface area contributed by atoms with Crippen LogP contribution in [0.5, 0.6) is 5.75 Å². The van der Waals surface area contributed by atoms with Crippen molar-refractivity contribution >= 4 is 33.9 Å². The molecule has 1 aromatic heterocycles. The van der Waals surface area contributed by atoms with E-state index in [1.165, 1.54) is 18.2 Å². The Bertz CT molecular complexity index is 1100. The fourth-order valence-corrected chi connectivity index (χ4v) is 4.19. The smallest absolute Gasteiger partial charge is 0.166 e. The van der Waals surface area contributed by atoms with Gasteiger partial charge in [-0.1, -0.05) is 18.5 Å². The Hall–Kier alpha value is -3.10. The molecule has 0 aliphatic carbocycles. The van der Waals surface area contributed by atoms with E-state index in [0.29, 0.717) is 29.1 Å². The lowest BCUT2D eigenvalue weighted by Gasteiger charge is -2.21. The number of halogens is 2. The van der Waals surface area contributed by atoms with E-state index in [4.69, 9.17) is 27.5 Å². The molecular weight excluding hydrogens is 419 g/mol. The molecule has 0 radical (unpaired) electrons. The summed E-state index contributed by atoms with van der Waals surface area (Å²) in [5, 5.41) is 13.0. The molecule has 1 unspecified atom stereocenters. The molecule has 0 saturated heterocycles. The number of pyridine rings is 1. The summed E-state index contributed by atoms with van der Waals surface area (Å²) in [6.45, 7) is 2.65. The summed E-state index contributed by atoms with van der Waals surface area (Å²) in [6.07, 6.45) is 4.14. The molecule has 0 fully saturated rings. The lowest BCUT2D eigenvalue weighted by atomic mass is 9.96. The molecule has 7 nitrogen and oxygen atoms in total. The first-order valence-electron chi connectivity index (χ1n) is 9.97. The Labute approximate surface area is 185 Å². The summed E-state index contributed by atoms with van der Waals surface area (Å²) in [5.74, 6) is 0.322. The molecule has 2 aromatic rings. The predicted molar refractivity (Wildman–Crippen MR) is 121 cm³/mol. The number of nitrogen functional groups attached to an aromatic ring is 1. The van der Waals surface area contributed by atoms with Gasteiger partial charge in [-0.25, -0.2) is 14.4 Å². The second kappa shape index (κ2) is 8.56. The van der Waals surface area contributed by atoms with Gasteiger partial charge in [0.1, 0.15) is 17.6 Å². The molecule has 0 saturated carbocycles. The summed E-state index contributed by atoms with van der Waals surface area (Å²) >= 11 is 5.89. The maximum absolute atomic E-state index is 14.0. The molecule has 0 spiro atoms. The van der Waals surface area contributed by atoms with Crippen molar-refractivity contribution < 1.29 is 9.13 Å². The van der Waals surface area contributed by atoms with Crippen LogP contribution in [-0.4, -0.2) is 34.8 Å². The topological polar surface area (TPSA) is 99.3 Å². The first-order chi connectivity index (χ1) is 14.9. The van der Waals surface area contributed by atoms with Crippen molar-refractivity contribution in [3.8, 4) is 5.75 Å². The first kappa shape index (κ1) is 21.1. The van der Waals surface area contributed by atoms with Crippen LogP contribution in [-0.2, 0) is 6.61 Å². The predicted octanol–water partition coefficient (Wildman–Crippen LogP) is 3.48. The van der Waals surface area contributed by atoms with Gasteiger partial charge in [0, 0.05) is 41.2 Å². The van der Waals surface area contributed by atoms with E-state index in [1.54, 1.807) is 12.3 Å². The van der Waals surface area contributed by atoms with E-state index < -0.39 is 0 Å². The molecule has 2 aliphatic rings. The van der Waals surface area contributed by atoms with Gasteiger partial charge in [-0.05, 0) is 36.8 Å². The molecule has 9 heteroatoms. The van der Waals surface area contributed by atoms with Crippen LogP contribution < -0.4 is 21.2 Å². The molecule has 31 heavy (non-hydrogen) atoms. The molecule has 1 aromatic carbocycles. The van der Waals surface area contributed by atoms with Gasteiger partial charge < -0.3 is 21.2 Å². The van der Waals surface area contributed by atoms with Gasteiger partial charge in [-0.3, -0.25) is 5.41 Å². The average Bonchev–Trinajstić information content (AvgIpc) is 3.05. The first-order valence-corrected chi connectivity index (χ1v) is 10.3. The van der Waals surface area contributed by atoms with Crippen molar-refractivity contribution in [3.63, 3.8) is 0 Å². The number of fused-ring (bicyclic) bond motifs is 4. The maximum Gasteiger partial charge on any atom is 0.166 e. The number of likely N-dealkylation sites (N-methyl/N-ethyl adjacent to an activating group) is 1. The number of hydrazine groups is 1. The number of benzene rings is 1. The van der Waals surface area contributed by atoms with Crippen LogP contribution in [0.4, 0.5) is 10.2 Å². The van der Waals surface area contributed by atoms with Gasteiger partial charge in [0.15, 0.2) is 11.6 Å². The zero-order valence-electron chi connectivity index (χ0n) is 17.3. The van der Waals surface area contributed by atoms with E-state index in [0.717, 1.165) is 23.3 Å². The lowest BCUT2D eigenvalue weighted by Crippen LogP contribution is -2.36. The minimum absolute atomic E-state index is 0.0817. The van der Waals surface area contributed by atoms with E-state index in [-0.39, 0.29) is 29.5 Å². The number of hydrogen-bond donors (Lipinski definition) is 4. The van der Waals surface area contributed by atoms with E-state index in [9.17, 15) is 4.39 Å². The van der Waals surface area contributed by atoms with Gasteiger partial charge in [0.25, 0.3) is 0 Å². The summed E-state index contributed by atoms with van der Waals surface area (Å²) in [6, 6.07) is 6.44. The summed E-state index contributed by atoms with van der Waals surface area (Å²) in [5.41, 5.74) is 14.3. The van der Waals surface area contributed by atoms with Crippen LogP contribution in [0.1, 0.15) is 30.0 Å². The number of anilines is 1. The Balaban J connectivity index is 1.88. The number of allylic oxidation sites excluding steroid dienone is 1. The third-order valence-electron chi connectivity index (χ3n) is 5.48. The zero-order chi connectivity index (χ0) is 22.1. The average molecular weight is 443 g/mol. The Morgan fingerprint density at radius 2 is 2.26 bits per heavy atom. The quantitative estimate of drug-likeness (QED) is 0.531. The summed E-state index contributed by atoms with van der Waals surface area (Å²) in [4.78, 5) is 4.33. The Morgan fingerprint density at radius 3 is 3.00 bits per heavy atom. The van der Waals surface area contributed by atoms with Gasteiger partial charge in [0.05, 0.1) is 18.3 Å². The Morgan fingerprint density at radius 1 is 1.45 bits per heavy atom. The normalized spacial score (nSPS) is 20.0. The second-order valence-corrected chi connectivity index (χ2v) is 7.90. The highest BCUT2D eigenvalue weighted by Crippen LogP contribution is 2.35. The zero-order valence-corrected chi connectivity index (χ0v) is 18.1. The number of nitrogens with one attached hydrogen (secondary N) is 3. The van der Waals surface area contributed by atoms with Crippen molar-refractivity contribution in [2.24, 2.45) is 0 Å². The highest BCUT2D eigenvalue weighted by molar-refractivity contribution is 6.68. The number of ether oxygens (including phenoxy) is 1. The fraction of sp³-hybridized carbons (Fsp3) is 0.273. The third kappa shape index (κ3) is 4.22. The van der Waals surface area contributed by atoms with Crippen LogP contribution in [0.3, 0.4) is 0 Å². The standard InChI is InChI=1S/C22H24ClFN6O/c1-3-18-21-12-7-19(22(26)28-9-12)31-11-13-6-14(24)4-5-15(13)16(8-20(23)25)27-10-17(21)29-30(18)2/h4-9,18,25,27,29H,3,10-11H2,1-2H3,(H2,26,28)/b16-8-,25-20?. The molecule has 3 heterocycles. The second-order valence-electron chi connectivity index (χ2n) is 7.50. The number of nitrogens with two attached hydrogens (primary N) is 1. The van der Waals surface area contributed by atoms with Crippen molar-refractivity contribution in [2.45, 2.75) is 26.0 Å². The van der Waals surface area contributed by atoms with Crippen LogP contribution in [0.25, 0.3) is 11.3 Å². The van der Waals surface area contributed by atoms with E-state index in [2.05, 4.69) is 27.7 Å². The molecule has 162 valence electrons. The number of nitrogens with zero attached hydrogens (tertiary/aromatic N) is 2. The molecule has 5 N–H and O–H groups in total. The molecular formula is C22H24ClFN6O. The van der Waals surface area contributed by atoms with Crippen LogP contribution in [0, 0.1) is 11.2 Å². The van der Waals surface area contributed by atoms with Crippen molar-refractivity contribution in [1.29, 1.82) is 5.41 Å². The van der Waals surface area contributed by atoms with Crippen LogP contribution >= 0.6 is 11.6 Å². The maximum atomic E-state index is 14.0. The molecule has 1 atom stereocenters. The van der Waals surface area contributed by atoms with Crippen LogP contribution in [0.2, 0.25) is 0 Å². The summed E-state index contributed by atoms with van der Waals surface area (Å²) in [7, 11) is 1.99. The third-order valence-corrected chi connectivity index (χ3v) is 5.59. The molecule has 2 aliphatic heterocycles. The van der Waals surface area contributed by atoms with Crippen molar-refractivity contribution in [3.05, 3.63) is 64.7 Å². The number of rotatable bonds is 2. The number of hydrogen-bond acceptors (Lipinski definition) is 7. The lowest BCUT2D eigenvalue weighted by molar-refractivity contribution is 0.244. The van der Waals surface area contributed by atoms with Gasteiger partial charge >= 0.3 is 0 Å². The summed E-state index contributed by atoms with van der Waals surface area (Å²) < 4.78 is 20.0. The molecule has 2 bridgehead atoms. The SMILES string of the molecule is CCC1C2=C(CN/C(=C\C(=N)Cl)c3ccc(F)cc3COc3cc2cnc3N)NN1C. The largest absolute Gasteiger partial charge is 0.485 e. The van der Waals surface area contributed by atoms with Gasteiger partial charge in [-0.15, -0.1) is 0 Å². The van der Waals surface area contributed by atoms with E-state index >= 15 is 0 Å². The number of aromatic nitrogens is 1. The fourth-order valence-electron chi connectivity index (χ4n) is 4.08. The highest BCUT2D eigenvalue weighted by atomic mass is 35.5. The van der Waals surface area contributed by atoms with Gasteiger partial charge in [0.2, 0.25) is 0 Å². The highest BCUT2D eigenvalue weighted by Gasteiger charge is 2.31.